The van der Waals surface area contributed by atoms with Crippen LogP contribution in [0.3, 0.4) is 0 Å². The summed E-state index contributed by atoms with van der Waals surface area (Å²) in [6, 6.07) is 0. The van der Waals surface area contributed by atoms with E-state index in [9.17, 15) is 4.79 Å². The van der Waals surface area contributed by atoms with Crippen molar-refractivity contribution < 1.29 is 14.6 Å². The predicted molar refractivity (Wildman–Crippen MR) is 69.8 cm³/mol. The molecule has 0 saturated heterocycles. The quantitative estimate of drug-likeness (QED) is 0.627. The fraction of sp³-hybridized carbons (Fsp3) is 0.500. The predicted octanol–water partition coefficient (Wildman–Crippen LogP) is 2.42. The third-order valence-corrected chi connectivity index (χ3v) is 1.99. The van der Waals surface area contributed by atoms with Crippen LogP contribution in [0.4, 0.5) is 0 Å². The minimum Gasteiger partial charge on any atom is -0.394 e. The number of aliphatic hydroxyl groups excluding tert-OH is 1. The van der Waals surface area contributed by atoms with Crippen LogP contribution in [0.25, 0.3) is 0 Å². The number of carbonyl (C=O) groups is 1. The summed E-state index contributed by atoms with van der Waals surface area (Å²) in [6.07, 6.45) is 12.9. The molecule has 0 aliphatic carbocycles. The Balaban J connectivity index is 3.64. The van der Waals surface area contributed by atoms with Crippen LogP contribution in [0, 0.1) is 0 Å². The molecule has 96 valence electrons. The normalized spacial score (nSPS) is 14.1. The summed E-state index contributed by atoms with van der Waals surface area (Å²) in [5, 5.41) is 8.55. The van der Waals surface area contributed by atoms with Gasteiger partial charge in [-0.05, 0) is 20.3 Å². The lowest BCUT2D eigenvalue weighted by Crippen LogP contribution is -2.07. The topological polar surface area (TPSA) is 46.5 Å². The van der Waals surface area contributed by atoms with Gasteiger partial charge in [-0.2, -0.15) is 0 Å². The third kappa shape index (κ3) is 12.7. The molecule has 17 heavy (non-hydrogen) atoms. The fourth-order valence-corrected chi connectivity index (χ4v) is 1.10. The van der Waals surface area contributed by atoms with Crippen molar-refractivity contribution in [2.75, 3.05) is 13.2 Å². The summed E-state index contributed by atoms with van der Waals surface area (Å²) in [7, 11) is 0. The molecule has 0 fully saturated rings. The monoisotopic (exact) mass is 238 g/mol. The Bertz CT molecular complexity index is 277. The summed E-state index contributed by atoms with van der Waals surface area (Å²) < 4.78 is 5.24. The molecule has 0 aromatic heterocycles. The van der Waals surface area contributed by atoms with Gasteiger partial charge in [0.1, 0.15) is 5.78 Å². The molecule has 0 aliphatic rings. The first-order chi connectivity index (χ1) is 8.16. The molecule has 1 atom stereocenters. The van der Waals surface area contributed by atoms with Crippen molar-refractivity contribution in [1.29, 1.82) is 0 Å². The molecule has 3 nitrogen and oxygen atoms in total. The lowest BCUT2D eigenvalue weighted by Gasteiger charge is -2.05. The van der Waals surface area contributed by atoms with E-state index in [2.05, 4.69) is 0 Å². The van der Waals surface area contributed by atoms with Crippen molar-refractivity contribution >= 4 is 5.78 Å². The lowest BCUT2D eigenvalue weighted by molar-refractivity contribution is -0.116. The van der Waals surface area contributed by atoms with Gasteiger partial charge in [-0.15, -0.1) is 0 Å². The number of allylic oxidation sites excluding steroid dienone is 5. The van der Waals surface area contributed by atoms with E-state index < -0.39 is 0 Å². The van der Waals surface area contributed by atoms with E-state index in [0.29, 0.717) is 13.0 Å². The highest BCUT2D eigenvalue weighted by atomic mass is 16.5. The van der Waals surface area contributed by atoms with Crippen LogP contribution in [0.15, 0.2) is 36.5 Å². The Morgan fingerprint density at radius 2 is 2.00 bits per heavy atom. The van der Waals surface area contributed by atoms with Gasteiger partial charge >= 0.3 is 0 Å². The van der Waals surface area contributed by atoms with Crippen molar-refractivity contribution in [1.82, 2.24) is 0 Å². The second kappa shape index (κ2) is 11.3. The van der Waals surface area contributed by atoms with Gasteiger partial charge in [-0.25, -0.2) is 0 Å². The van der Waals surface area contributed by atoms with Gasteiger partial charge in [0.25, 0.3) is 0 Å². The Morgan fingerprint density at radius 3 is 2.65 bits per heavy atom. The largest absolute Gasteiger partial charge is 0.394 e. The Kier molecular flexibility index (Phi) is 10.5. The standard InChI is InChI=1S/C14H22O3/c1-13(16)9-7-5-3-4-6-8-10-14(2)17-12-11-15/h3-6,8,10,14-15H,7,9,11-12H2,1-2H3/b5-3+,6-4-,10-8+. The zero-order valence-electron chi connectivity index (χ0n) is 10.6. The molecular weight excluding hydrogens is 216 g/mol. The Hall–Kier alpha value is -1.19. The van der Waals surface area contributed by atoms with Gasteiger partial charge in [0.2, 0.25) is 0 Å². The molecular formula is C14H22O3. The number of rotatable bonds is 9. The minimum absolute atomic E-state index is 0.00786. The van der Waals surface area contributed by atoms with Crippen molar-refractivity contribution in [2.45, 2.75) is 32.8 Å². The van der Waals surface area contributed by atoms with E-state index in [1.54, 1.807) is 6.92 Å². The van der Waals surface area contributed by atoms with Crippen molar-refractivity contribution in [3.8, 4) is 0 Å². The maximum atomic E-state index is 10.6. The molecule has 0 amide bonds. The van der Waals surface area contributed by atoms with E-state index in [-0.39, 0.29) is 18.5 Å². The molecule has 3 heteroatoms. The van der Waals surface area contributed by atoms with E-state index in [1.165, 1.54) is 0 Å². The molecule has 0 saturated carbocycles. The SMILES string of the molecule is CC(=O)CC/C=C/C=C\C=C\C(C)OCCO. The van der Waals surface area contributed by atoms with Gasteiger partial charge < -0.3 is 14.6 Å². The average Bonchev–Trinajstić information content (AvgIpc) is 2.29. The first-order valence-corrected chi connectivity index (χ1v) is 5.88. The number of hydrogen-bond donors (Lipinski definition) is 1. The molecule has 0 bridgehead atoms. The molecule has 0 heterocycles. The minimum atomic E-state index is 0.00786. The van der Waals surface area contributed by atoms with Crippen molar-refractivity contribution in [3.05, 3.63) is 36.5 Å². The smallest absolute Gasteiger partial charge is 0.130 e. The second-order valence-electron chi connectivity index (χ2n) is 3.74. The number of ether oxygens (including phenoxy) is 1. The number of hydrogen-bond acceptors (Lipinski definition) is 3. The molecule has 0 aromatic carbocycles. The summed E-state index contributed by atoms with van der Waals surface area (Å²) >= 11 is 0. The highest BCUT2D eigenvalue weighted by Crippen LogP contribution is 1.94. The van der Waals surface area contributed by atoms with Gasteiger partial charge in [0.05, 0.1) is 19.3 Å². The molecule has 0 rings (SSSR count). The van der Waals surface area contributed by atoms with Crippen LogP contribution < -0.4 is 0 Å². The van der Waals surface area contributed by atoms with Crippen molar-refractivity contribution in [3.63, 3.8) is 0 Å². The van der Waals surface area contributed by atoms with Crippen LogP contribution in [-0.4, -0.2) is 30.2 Å². The summed E-state index contributed by atoms with van der Waals surface area (Å²) in [6.45, 7) is 3.93. The third-order valence-electron chi connectivity index (χ3n) is 1.99. The van der Waals surface area contributed by atoms with E-state index >= 15 is 0 Å². The van der Waals surface area contributed by atoms with Crippen LogP contribution in [-0.2, 0) is 9.53 Å². The maximum Gasteiger partial charge on any atom is 0.130 e. The first-order valence-electron chi connectivity index (χ1n) is 5.88. The molecule has 0 radical (unpaired) electrons. The highest BCUT2D eigenvalue weighted by molar-refractivity contribution is 5.75. The van der Waals surface area contributed by atoms with Gasteiger partial charge in [-0.3, -0.25) is 0 Å². The van der Waals surface area contributed by atoms with Gasteiger partial charge in [-0.1, -0.05) is 36.5 Å². The fourth-order valence-electron chi connectivity index (χ4n) is 1.10. The average molecular weight is 238 g/mol. The summed E-state index contributed by atoms with van der Waals surface area (Å²) in [5.74, 6) is 0.216. The summed E-state index contributed by atoms with van der Waals surface area (Å²) in [4.78, 5) is 10.6. The molecule has 0 aliphatic heterocycles. The summed E-state index contributed by atoms with van der Waals surface area (Å²) in [5.41, 5.74) is 0. The van der Waals surface area contributed by atoms with E-state index in [0.717, 1.165) is 6.42 Å². The molecule has 1 unspecified atom stereocenters. The Morgan fingerprint density at radius 1 is 1.29 bits per heavy atom. The van der Waals surface area contributed by atoms with Crippen LogP contribution >= 0.6 is 0 Å². The first kappa shape index (κ1) is 15.8. The molecule has 0 spiro atoms. The number of carbonyl (C=O) groups excluding carboxylic acids is 1. The lowest BCUT2D eigenvalue weighted by atomic mass is 10.2. The maximum absolute atomic E-state index is 10.6. The van der Waals surface area contributed by atoms with Gasteiger partial charge in [0, 0.05) is 6.42 Å². The zero-order valence-corrected chi connectivity index (χ0v) is 10.6. The molecule has 1 N–H and O–H groups in total. The van der Waals surface area contributed by atoms with E-state index in [1.807, 2.05) is 43.4 Å². The number of Topliss-reactive ketones (excluding diaryl/α,β-unsaturated/α-hetero) is 1. The van der Waals surface area contributed by atoms with E-state index in [4.69, 9.17) is 9.84 Å². The van der Waals surface area contributed by atoms with Gasteiger partial charge in [0.15, 0.2) is 0 Å². The second-order valence-corrected chi connectivity index (χ2v) is 3.74. The zero-order chi connectivity index (χ0) is 12.9. The number of ketones is 1. The van der Waals surface area contributed by atoms with Crippen molar-refractivity contribution in [2.24, 2.45) is 0 Å². The molecule has 0 aromatic rings. The van der Waals surface area contributed by atoms with Crippen LogP contribution in [0.5, 0.6) is 0 Å². The van der Waals surface area contributed by atoms with Crippen LogP contribution in [0.1, 0.15) is 26.7 Å². The Labute approximate surface area is 103 Å². The van der Waals surface area contributed by atoms with Crippen LogP contribution in [0.2, 0.25) is 0 Å². The number of aliphatic hydroxyl groups is 1. The highest BCUT2D eigenvalue weighted by Gasteiger charge is 1.92.